The van der Waals surface area contributed by atoms with Crippen molar-refractivity contribution in [3.05, 3.63) is 75.7 Å². The van der Waals surface area contributed by atoms with Gasteiger partial charge in [0.25, 0.3) is 0 Å². The van der Waals surface area contributed by atoms with Gasteiger partial charge in [-0.15, -0.1) is 0 Å². The molecule has 6 heteroatoms. The SMILES string of the molecule is Brc1ccc(N2CCN(CC3=CC4=C(Cc5ncccc53)OCN(C3CCCCCCC3)CC4)CC2)cc1.CC. The zero-order chi connectivity index (χ0) is 27.7. The Bertz CT molecular complexity index is 1140. The van der Waals surface area contributed by atoms with Crippen molar-refractivity contribution < 1.29 is 4.74 Å². The van der Waals surface area contributed by atoms with E-state index in [2.05, 4.69) is 73.1 Å². The Morgan fingerprint density at radius 3 is 2.38 bits per heavy atom. The van der Waals surface area contributed by atoms with E-state index in [-0.39, 0.29) is 0 Å². The van der Waals surface area contributed by atoms with Gasteiger partial charge in [-0.25, -0.2) is 0 Å². The number of fused-ring (bicyclic) bond motifs is 1. The van der Waals surface area contributed by atoms with E-state index in [9.17, 15) is 0 Å². The highest BCUT2D eigenvalue weighted by molar-refractivity contribution is 9.10. The molecule has 40 heavy (non-hydrogen) atoms. The third-order valence-electron chi connectivity index (χ3n) is 8.89. The van der Waals surface area contributed by atoms with Gasteiger partial charge in [-0.3, -0.25) is 14.8 Å². The minimum Gasteiger partial charge on any atom is -0.482 e. The first-order chi connectivity index (χ1) is 19.7. The fourth-order valence-electron chi connectivity index (χ4n) is 6.63. The zero-order valence-corrected chi connectivity index (χ0v) is 26.2. The molecule has 2 aromatic rings. The van der Waals surface area contributed by atoms with E-state index in [1.165, 1.54) is 67.3 Å². The number of piperazine rings is 1. The van der Waals surface area contributed by atoms with Crippen molar-refractivity contribution in [3.63, 3.8) is 0 Å². The molecule has 3 heterocycles. The highest BCUT2D eigenvalue weighted by Gasteiger charge is 2.27. The Morgan fingerprint density at radius 2 is 1.62 bits per heavy atom. The van der Waals surface area contributed by atoms with Crippen molar-refractivity contribution >= 4 is 27.2 Å². The number of hydrogen-bond donors (Lipinski definition) is 0. The van der Waals surface area contributed by atoms with Crippen LogP contribution in [0.15, 0.2) is 64.5 Å². The maximum absolute atomic E-state index is 6.59. The smallest absolute Gasteiger partial charge is 0.141 e. The average molecular weight is 608 g/mol. The third kappa shape index (κ3) is 7.37. The maximum atomic E-state index is 6.59. The molecule has 0 unspecified atom stereocenters. The molecule has 5 nitrogen and oxygen atoms in total. The number of aromatic nitrogens is 1. The fraction of sp³-hybridized carbons (Fsp3) is 0.559. The molecule has 216 valence electrons. The number of hydrogen-bond acceptors (Lipinski definition) is 5. The van der Waals surface area contributed by atoms with Crippen LogP contribution in [-0.2, 0) is 11.2 Å². The summed E-state index contributed by atoms with van der Waals surface area (Å²) >= 11 is 3.56. The quantitative estimate of drug-likeness (QED) is 0.356. The summed E-state index contributed by atoms with van der Waals surface area (Å²) < 4.78 is 7.72. The number of ether oxygens (including phenoxy) is 1. The lowest BCUT2D eigenvalue weighted by molar-refractivity contribution is 0.0392. The molecule has 1 saturated carbocycles. The lowest BCUT2D eigenvalue weighted by atomic mass is 9.95. The first-order valence-corrected chi connectivity index (χ1v) is 16.5. The summed E-state index contributed by atoms with van der Waals surface area (Å²) in [5, 5.41) is 0. The van der Waals surface area contributed by atoms with Gasteiger partial charge in [0.1, 0.15) is 12.5 Å². The van der Waals surface area contributed by atoms with Gasteiger partial charge < -0.3 is 9.64 Å². The van der Waals surface area contributed by atoms with E-state index in [4.69, 9.17) is 9.72 Å². The molecule has 4 aliphatic rings. The van der Waals surface area contributed by atoms with E-state index < -0.39 is 0 Å². The molecule has 6 rings (SSSR count). The molecule has 1 aromatic carbocycles. The second-order valence-electron chi connectivity index (χ2n) is 11.4. The minimum absolute atomic E-state index is 0.676. The molecule has 0 radical (unpaired) electrons. The first-order valence-electron chi connectivity index (χ1n) is 15.7. The predicted octanol–water partition coefficient (Wildman–Crippen LogP) is 7.68. The van der Waals surface area contributed by atoms with Crippen LogP contribution < -0.4 is 4.90 Å². The maximum Gasteiger partial charge on any atom is 0.141 e. The summed E-state index contributed by atoms with van der Waals surface area (Å²) in [6.07, 6.45) is 15.9. The number of rotatable bonds is 4. The van der Waals surface area contributed by atoms with Crippen molar-refractivity contribution in [2.24, 2.45) is 0 Å². The topological polar surface area (TPSA) is 31.8 Å². The monoisotopic (exact) mass is 606 g/mol. The van der Waals surface area contributed by atoms with Gasteiger partial charge in [0.2, 0.25) is 0 Å². The number of allylic oxidation sites excluding steroid dienone is 2. The van der Waals surface area contributed by atoms with Gasteiger partial charge in [-0.1, -0.05) is 74.0 Å². The van der Waals surface area contributed by atoms with E-state index in [1.54, 1.807) is 0 Å². The summed E-state index contributed by atoms with van der Waals surface area (Å²) in [4.78, 5) is 12.6. The molecule has 2 fully saturated rings. The number of benzene rings is 1. The average Bonchev–Trinajstić information content (AvgIpc) is 3.25. The number of pyridine rings is 1. The van der Waals surface area contributed by atoms with Crippen LogP contribution in [0.25, 0.3) is 5.57 Å². The Hall–Kier alpha value is -2.15. The number of halogens is 1. The predicted molar refractivity (Wildman–Crippen MR) is 170 cm³/mol. The Labute approximate surface area is 250 Å². The second kappa shape index (κ2) is 14.7. The molecular formula is C34H47BrN4O. The molecule has 0 amide bonds. The lowest BCUT2D eigenvalue weighted by Gasteiger charge is -2.36. The summed E-state index contributed by atoms with van der Waals surface area (Å²) in [5.74, 6) is 1.15. The summed E-state index contributed by atoms with van der Waals surface area (Å²) in [6, 6.07) is 13.7. The number of nitrogens with zero attached hydrogens (tertiary/aromatic N) is 4. The van der Waals surface area contributed by atoms with Crippen LogP contribution in [0.2, 0.25) is 0 Å². The van der Waals surface area contributed by atoms with Crippen LogP contribution in [0.1, 0.15) is 76.5 Å². The molecular weight excluding hydrogens is 560 g/mol. The van der Waals surface area contributed by atoms with Crippen LogP contribution in [0.4, 0.5) is 5.69 Å². The van der Waals surface area contributed by atoms with Crippen LogP contribution in [0.5, 0.6) is 0 Å². The summed E-state index contributed by atoms with van der Waals surface area (Å²) in [7, 11) is 0. The molecule has 0 spiro atoms. The van der Waals surface area contributed by atoms with Gasteiger partial charge in [0.15, 0.2) is 0 Å². The fourth-order valence-corrected chi connectivity index (χ4v) is 6.89. The molecule has 0 bridgehead atoms. The van der Waals surface area contributed by atoms with Gasteiger partial charge >= 0.3 is 0 Å². The normalized spacial score (nSPS) is 21.4. The van der Waals surface area contributed by atoms with Crippen LogP contribution in [0.3, 0.4) is 0 Å². The molecule has 1 aromatic heterocycles. The minimum atomic E-state index is 0.676. The molecule has 2 aliphatic carbocycles. The lowest BCUT2D eigenvalue weighted by Crippen LogP contribution is -2.46. The molecule has 0 atom stereocenters. The Kier molecular flexibility index (Phi) is 10.8. The molecule has 1 saturated heterocycles. The highest BCUT2D eigenvalue weighted by Crippen LogP contribution is 2.33. The van der Waals surface area contributed by atoms with Crippen molar-refractivity contribution in [3.8, 4) is 0 Å². The van der Waals surface area contributed by atoms with Gasteiger partial charge in [-0.2, -0.15) is 0 Å². The van der Waals surface area contributed by atoms with Gasteiger partial charge in [0, 0.05) is 73.7 Å². The highest BCUT2D eigenvalue weighted by atomic mass is 79.9. The number of anilines is 1. The van der Waals surface area contributed by atoms with Crippen molar-refractivity contribution in [2.75, 3.05) is 50.9 Å². The van der Waals surface area contributed by atoms with E-state index in [1.807, 2.05) is 20.0 Å². The van der Waals surface area contributed by atoms with Crippen molar-refractivity contribution in [1.82, 2.24) is 14.8 Å². The van der Waals surface area contributed by atoms with Crippen LogP contribution in [0, 0.1) is 0 Å². The Morgan fingerprint density at radius 1 is 0.900 bits per heavy atom. The van der Waals surface area contributed by atoms with Crippen molar-refractivity contribution in [1.29, 1.82) is 0 Å². The van der Waals surface area contributed by atoms with Gasteiger partial charge in [-0.05, 0) is 60.7 Å². The van der Waals surface area contributed by atoms with Crippen LogP contribution >= 0.6 is 15.9 Å². The van der Waals surface area contributed by atoms with E-state index >= 15 is 0 Å². The largest absolute Gasteiger partial charge is 0.482 e. The summed E-state index contributed by atoms with van der Waals surface area (Å²) in [5.41, 5.74) is 6.57. The Balaban J connectivity index is 0.00000158. The van der Waals surface area contributed by atoms with Crippen LogP contribution in [-0.4, -0.2) is 66.8 Å². The molecule has 2 aliphatic heterocycles. The summed E-state index contributed by atoms with van der Waals surface area (Å²) in [6.45, 7) is 11.1. The van der Waals surface area contributed by atoms with Gasteiger partial charge in [0.05, 0.1) is 5.69 Å². The standard InChI is InChI=1S/C32H41BrN4O.C2H6/c33-27-10-12-29(13-11-27)36-19-17-35(18-20-36)23-26-21-25-14-16-37(28-7-4-2-1-3-5-8-28)24-38-32(25)22-31-30(26)9-6-15-34-31;1-2/h6,9-13,15,21,28H,1-5,7-8,14,16-20,22-24H2;1-2H3. The second-order valence-corrected chi connectivity index (χ2v) is 12.3. The third-order valence-corrected chi connectivity index (χ3v) is 9.42. The first kappa shape index (κ1) is 29.3. The van der Waals surface area contributed by atoms with E-state index in [0.29, 0.717) is 6.04 Å². The van der Waals surface area contributed by atoms with Crippen molar-refractivity contribution in [2.45, 2.75) is 77.7 Å². The molecule has 0 N–H and O–H groups in total. The zero-order valence-electron chi connectivity index (χ0n) is 24.6. The van der Waals surface area contributed by atoms with E-state index in [0.717, 1.165) is 74.8 Å².